The first-order chi connectivity index (χ1) is 6.87. The molecule has 1 atom stereocenters. The largest absolute Gasteiger partial charge is 0.444 e. The number of hydrogen-bond acceptors (Lipinski definition) is 4. The molecule has 0 aromatic heterocycles. The van der Waals surface area contributed by atoms with Gasteiger partial charge in [-0.15, -0.1) is 11.8 Å². The third kappa shape index (κ3) is 5.06. The van der Waals surface area contributed by atoms with Gasteiger partial charge in [0.25, 0.3) is 0 Å². The van der Waals surface area contributed by atoms with Gasteiger partial charge in [-0.3, -0.25) is 4.99 Å². The fourth-order valence-electron chi connectivity index (χ4n) is 1.10. The Morgan fingerprint density at radius 2 is 2.33 bits per heavy atom. The predicted octanol–water partition coefficient (Wildman–Crippen LogP) is 2.04. The number of aliphatic imine (C=N–C) groups is 1. The van der Waals surface area contributed by atoms with Gasteiger partial charge in [-0.25, -0.2) is 4.79 Å². The molecule has 0 fully saturated rings. The second kappa shape index (κ2) is 4.88. The molecule has 15 heavy (non-hydrogen) atoms. The van der Waals surface area contributed by atoms with E-state index in [1.807, 2.05) is 20.8 Å². The summed E-state index contributed by atoms with van der Waals surface area (Å²) in [5, 5.41) is 3.67. The van der Waals surface area contributed by atoms with Crippen molar-refractivity contribution in [3.8, 4) is 0 Å². The monoisotopic (exact) mass is 230 g/mol. The SMILES string of the molecule is CC1CSC(CNC(=O)OC(C)(C)C)=N1. The predicted molar refractivity (Wildman–Crippen MR) is 63.6 cm³/mol. The number of rotatable bonds is 2. The van der Waals surface area contributed by atoms with E-state index in [9.17, 15) is 4.79 Å². The van der Waals surface area contributed by atoms with E-state index in [4.69, 9.17) is 4.74 Å². The molecule has 1 aliphatic heterocycles. The van der Waals surface area contributed by atoms with Gasteiger partial charge in [0, 0.05) is 5.75 Å². The second-order valence-corrected chi connectivity index (χ2v) is 5.63. The maximum atomic E-state index is 11.3. The fraction of sp³-hybridized carbons (Fsp3) is 0.800. The lowest BCUT2D eigenvalue weighted by Gasteiger charge is -2.19. The van der Waals surface area contributed by atoms with Crippen LogP contribution in [0.15, 0.2) is 4.99 Å². The van der Waals surface area contributed by atoms with Crippen LogP contribution in [0.3, 0.4) is 0 Å². The molecule has 0 bridgehead atoms. The third-order valence-corrected chi connectivity index (χ3v) is 2.87. The van der Waals surface area contributed by atoms with Gasteiger partial charge in [-0.2, -0.15) is 0 Å². The molecule has 0 aromatic carbocycles. The van der Waals surface area contributed by atoms with E-state index < -0.39 is 5.60 Å². The van der Waals surface area contributed by atoms with E-state index in [-0.39, 0.29) is 6.09 Å². The van der Waals surface area contributed by atoms with Gasteiger partial charge in [0.05, 0.1) is 17.6 Å². The quantitative estimate of drug-likeness (QED) is 0.790. The van der Waals surface area contributed by atoms with Crippen molar-refractivity contribution >= 4 is 22.9 Å². The molecular weight excluding hydrogens is 212 g/mol. The summed E-state index contributed by atoms with van der Waals surface area (Å²) in [6, 6.07) is 0.366. The molecule has 1 unspecified atom stereocenters. The topological polar surface area (TPSA) is 50.7 Å². The van der Waals surface area contributed by atoms with E-state index in [1.165, 1.54) is 0 Å². The Morgan fingerprint density at radius 1 is 1.67 bits per heavy atom. The average molecular weight is 230 g/mol. The van der Waals surface area contributed by atoms with Crippen molar-refractivity contribution in [2.45, 2.75) is 39.3 Å². The molecule has 4 nitrogen and oxygen atoms in total. The highest BCUT2D eigenvalue weighted by molar-refractivity contribution is 8.14. The Bertz CT molecular complexity index is 271. The summed E-state index contributed by atoms with van der Waals surface area (Å²) in [7, 11) is 0. The van der Waals surface area contributed by atoms with E-state index in [0.717, 1.165) is 10.8 Å². The normalized spacial score (nSPS) is 21.1. The maximum absolute atomic E-state index is 11.3. The van der Waals surface area contributed by atoms with E-state index in [1.54, 1.807) is 11.8 Å². The van der Waals surface area contributed by atoms with E-state index >= 15 is 0 Å². The first kappa shape index (κ1) is 12.4. The number of nitrogens with zero attached hydrogens (tertiary/aromatic N) is 1. The fourth-order valence-corrected chi connectivity index (χ4v) is 2.03. The number of thioether (sulfide) groups is 1. The Morgan fingerprint density at radius 3 is 2.80 bits per heavy atom. The van der Waals surface area contributed by atoms with Crippen molar-refractivity contribution in [1.29, 1.82) is 0 Å². The lowest BCUT2D eigenvalue weighted by atomic mass is 10.2. The van der Waals surface area contributed by atoms with Crippen molar-refractivity contribution in [3.63, 3.8) is 0 Å². The zero-order valence-electron chi connectivity index (χ0n) is 9.66. The van der Waals surface area contributed by atoms with Crippen LogP contribution in [0.2, 0.25) is 0 Å². The van der Waals surface area contributed by atoms with Gasteiger partial charge in [0.1, 0.15) is 5.60 Å². The highest BCUT2D eigenvalue weighted by Gasteiger charge is 2.18. The van der Waals surface area contributed by atoms with Crippen LogP contribution >= 0.6 is 11.8 Å². The van der Waals surface area contributed by atoms with Crippen molar-refractivity contribution in [1.82, 2.24) is 5.32 Å². The number of ether oxygens (including phenoxy) is 1. The first-order valence-electron chi connectivity index (χ1n) is 5.03. The summed E-state index contributed by atoms with van der Waals surface area (Å²) < 4.78 is 5.11. The number of carbonyl (C=O) groups excluding carboxylic acids is 1. The summed E-state index contributed by atoms with van der Waals surface area (Å²) in [5.74, 6) is 1.01. The molecular formula is C10H18N2O2S. The van der Waals surface area contributed by atoms with Crippen LogP contribution in [-0.4, -0.2) is 35.1 Å². The zero-order chi connectivity index (χ0) is 11.5. The van der Waals surface area contributed by atoms with Gasteiger partial charge in [-0.1, -0.05) is 0 Å². The lowest BCUT2D eigenvalue weighted by molar-refractivity contribution is 0.0536. The molecule has 5 heteroatoms. The molecule has 1 aliphatic rings. The molecule has 0 saturated heterocycles. The minimum absolute atomic E-state index is 0.366. The third-order valence-electron chi connectivity index (χ3n) is 1.64. The standard InChI is InChI=1S/C10H18N2O2S/c1-7-6-15-8(12-7)5-11-9(13)14-10(2,3)4/h7H,5-6H2,1-4H3,(H,11,13). The first-order valence-corrected chi connectivity index (χ1v) is 6.02. The lowest BCUT2D eigenvalue weighted by Crippen LogP contribution is -2.34. The van der Waals surface area contributed by atoms with Gasteiger partial charge < -0.3 is 10.1 Å². The maximum Gasteiger partial charge on any atom is 0.407 e. The van der Waals surface area contributed by atoms with Crippen LogP contribution in [0.25, 0.3) is 0 Å². The number of carbonyl (C=O) groups is 1. The zero-order valence-corrected chi connectivity index (χ0v) is 10.5. The average Bonchev–Trinajstić information content (AvgIpc) is 2.45. The van der Waals surface area contributed by atoms with Crippen LogP contribution in [0.4, 0.5) is 4.79 Å². The molecule has 1 N–H and O–H groups in total. The minimum atomic E-state index is -0.442. The molecule has 0 saturated carbocycles. The van der Waals surface area contributed by atoms with Gasteiger partial charge >= 0.3 is 6.09 Å². The summed E-state index contributed by atoms with van der Waals surface area (Å²) in [6.45, 7) is 8.07. The molecule has 1 heterocycles. The van der Waals surface area contributed by atoms with E-state index in [2.05, 4.69) is 17.2 Å². The summed E-state index contributed by atoms with van der Waals surface area (Å²) in [6.07, 6.45) is -0.384. The van der Waals surface area contributed by atoms with Gasteiger partial charge in [-0.05, 0) is 27.7 Å². The Labute approximate surface area is 94.9 Å². The molecule has 0 spiro atoms. The minimum Gasteiger partial charge on any atom is -0.444 e. The molecule has 0 aromatic rings. The van der Waals surface area contributed by atoms with Crippen LogP contribution < -0.4 is 5.32 Å². The van der Waals surface area contributed by atoms with Crippen LogP contribution in [0, 0.1) is 0 Å². The Kier molecular flexibility index (Phi) is 4.02. The van der Waals surface area contributed by atoms with Crippen LogP contribution in [0.1, 0.15) is 27.7 Å². The van der Waals surface area contributed by atoms with Crippen molar-refractivity contribution in [2.75, 3.05) is 12.3 Å². The number of hydrogen-bond donors (Lipinski definition) is 1. The van der Waals surface area contributed by atoms with Crippen LogP contribution in [-0.2, 0) is 4.74 Å². The molecule has 0 radical (unpaired) electrons. The van der Waals surface area contributed by atoms with Gasteiger partial charge in [0.15, 0.2) is 0 Å². The highest BCUT2D eigenvalue weighted by Crippen LogP contribution is 2.16. The molecule has 1 amide bonds. The van der Waals surface area contributed by atoms with E-state index in [0.29, 0.717) is 12.6 Å². The Hall–Kier alpha value is -0.710. The molecule has 0 aliphatic carbocycles. The number of alkyl carbamates (subject to hydrolysis) is 1. The smallest absolute Gasteiger partial charge is 0.407 e. The van der Waals surface area contributed by atoms with Crippen LogP contribution in [0.5, 0.6) is 0 Å². The number of nitrogens with one attached hydrogen (secondary N) is 1. The summed E-state index contributed by atoms with van der Waals surface area (Å²) in [5.41, 5.74) is -0.442. The van der Waals surface area contributed by atoms with Crippen molar-refractivity contribution < 1.29 is 9.53 Å². The van der Waals surface area contributed by atoms with Crippen molar-refractivity contribution in [3.05, 3.63) is 0 Å². The number of amides is 1. The van der Waals surface area contributed by atoms with Crippen molar-refractivity contribution in [2.24, 2.45) is 4.99 Å². The van der Waals surface area contributed by atoms with Gasteiger partial charge in [0.2, 0.25) is 0 Å². The second-order valence-electron chi connectivity index (χ2n) is 4.54. The summed E-state index contributed by atoms with van der Waals surface area (Å²) >= 11 is 1.69. The highest BCUT2D eigenvalue weighted by atomic mass is 32.2. The summed E-state index contributed by atoms with van der Waals surface area (Å²) in [4.78, 5) is 15.7. The molecule has 86 valence electrons. The Balaban J connectivity index is 2.26. The molecule has 1 rings (SSSR count).